The molecule has 2 amide bonds. The van der Waals surface area contributed by atoms with Gasteiger partial charge < -0.3 is 39.8 Å². The van der Waals surface area contributed by atoms with E-state index in [-0.39, 0.29) is 39.5 Å². The Bertz CT molecular complexity index is 2450. The summed E-state index contributed by atoms with van der Waals surface area (Å²) in [5, 5.41) is 29.4. The van der Waals surface area contributed by atoms with Crippen molar-refractivity contribution in [3.8, 4) is 22.3 Å². The summed E-state index contributed by atoms with van der Waals surface area (Å²) >= 11 is 11.8. The molecule has 2 saturated carbocycles. The molecule has 10 nitrogen and oxygen atoms in total. The predicted octanol–water partition coefficient (Wildman–Crippen LogP) is 10.3. The second kappa shape index (κ2) is 18.4. The Kier molecular flexibility index (Phi) is 13.5. The van der Waals surface area contributed by atoms with Gasteiger partial charge in [-0.3, -0.25) is 9.59 Å². The Labute approximate surface area is 378 Å². The van der Waals surface area contributed by atoms with Crippen molar-refractivity contribution in [1.82, 2.24) is 10.6 Å². The highest BCUT2D eigenvalue weighted by molar-refractivity contribution is 6.31. The Hall–Kier alpha value is -4.75. The highest BCUT2D eigenvalue weighted by atomic mass is 35.5. The number of methoxy groups -OCH3 is 4. The standard InChI is InChI=1S/C25H27ClFNO4.C25H28ClNO4/c1-15-4-5-16(17-6-7-19(26)20(27)13-17)12-18(15)21-22(29)25(28-23(21)30)10-8-24(32-3,9-11-25)14-31-2;1-16-4-5-18(17-6-8-19(26)9-7-17)14-20(16)21-22(28)25(27-23(21)29)12-10-24(31-3,11-13-25)15-30-2/h4-7,12-13,29H,8-11,14H2,1-3H3,(H,28,30);4-9,14,28H,10-13,15H2,1-3H3,(H,27,29). The van der Waals surface area contributed by atoms with Gasteiger partial charge in [0.25, 0.3) is 11.8 Å². The zero-order valence-electron chi connectivity index (χ0n) is 36.6. The van der Waals surface area contributed by atoms with Crippen LogP contribution in [0.25, 0.3) is 33.4 Å². The molecule has 63 heavy (non-hydrogen) atoms. The number of hydrogen-bond acceptors (Lipinski definition) is 8. The molecule has 4 aliphatic rings. The van der Waals surface area contributed by atoms with Crippen LogP contribution in [0.2, 0.25) is 10.0 Å². The average molecular weight is 902 g/mol. The minimum atomic E-state index is -0.809. The zero-order valence-corrected chi connectivity index (χ0v) is 38.1. The molecule has 0 bridgehead atoms. The third-order valence-electron chi connectivity index (χ3n) is 13.7. The maximum atomic E-state index is 14.0. The Morgan fingerprint density at radius 3 is 1.35 bits per heavy atom. The van der Waals surface area contributed by atoms with E-state index >= 15 is 0 Å². The zero-order chi connectivity index (χ0) is 45.3. The molecule has 4 N–H and O–H groups in total. The van der Waals surface area contributed by atoms with Crippen molar-refractivity contribution >= 4 is 46.2 Å². The minimum Gasteiger partial charge on any atom is -0.509 e. The summed E-state index contributed by atoms with van der Waals surface area (Å²) in [6.45, 7) is 4.79. The third kappa shape index (κ3) is 8.88. The van der Waals surface area contributed by atoms with Crippen LogP contribution in [0.3, 0.4) is 0 Å². The SMILES string of the molecule is COCC1(OC)CCC2(CC1)NC(=O)C(c1cc(-c3ccc(Cl)c(F)c3)ccc1C)=C2O.COCC1(OC)CCC2(CC1)NC(=O)C(c1cc(-c3ccc(Cl)cc3)ccc1C)=C2O. The van der Waals surface area contributed by atoms with Crippen molar-refractivity contribution in [2.75, 3.05) is 41.7 Å². The van der Waals surface area contributed by atoms with Gasteiger partial charge >= 0.3 is 0 Å². The summed E-state index contributed by atoms with van der Waals surface area (Å²) in [4.78, 5) is 26.1. The van der Waals surface area contributed by atoms with Crippen LogP contribution in [-0.2, 0) is 28.5 Å². The van der Waals surface area contributed by atoms with Crippen molar-refractivity contribution in [2.24, 2.45) is 0 Å². The van der Waals surface area contributed by atoms with Gasteiger partial charge in [-0.15, -0.1) is 0 Å². The molecule has 4 aromatic rings. The molecule has 2 fully saturated rings. The van der Waals surface area contributed by atoms with E-state index in [4.69, 9.17) is 42.1 Å². The Morgan fingerprint density at radius 2 is 0.952 bits per heavy atom. The van der Waals surface area contributed by atoms with Gasteiger partial charge in [-0.05, 0) is 146 Å². The van der Waals surface area contributed by atoms with E-state index in [1.165, 1.54) is 12.1 Å². The van der Waals surface area contributed by atoms with Crippen LogP contribution < -0.4 is 10.6 Å². The molecule has 13 heteroatoms. The molecular formula is C50H55Cl2FN2O8. The molecule has 2 heterocycles. The summed E-state index contributed by atoms with van der Waals surface area (Å²) in [6.07, 6.45) is 4.98. The van der Waals surface area contributed by atoms with Gasteiger partial charge in [0.2, 0.25) is 0 Å². The van der Waals surface area contributed by atoms with Crippen molar-refractivity contribution < 1.29 is 43.1 Å². The molecule has 0 unspecified atom stereocenters. The van der Waals surface area contributed by atoms with Gasteiger partial charge in [-0.1, -0.05) is 65.7 Å². The first-order chi connectivity index (χ1) is 30.1. The predicted molar refractivity (Wildman–Crippen MR) is 244 cm³/mol. The number of benzene rings is 4. The number of aliphatic hydroxyl groups excluding tert-OH is 2. The highest BCUT2D eigenvalue weighted by Crippen LogP contribution is 2.48. The van der Waals surface area contributed by atoms with Crippen molar-refractivity contribution in [3.05, 3.63) is 128 Å². The second-order valence-electron chi connectivity index (χ2n) is 17.4. The maximum Gasteiger partial charge on any atom is 0.256 e. The number of halogens is 3. The lowest BCUT2D eigenvalue weighted by molar-refractivity contribution is -0.120. The van der Waals surface area contributed by atoms with Crippen LogP contribution in [0.1, 0.15) is 73.6 Å². The number of hydrogen-bond donors (Lipinski definition) is 4. The van der Waals surface area contributed by atoms with Gasteiger partial charge in [0.05, 0.1) is 51.7 Å². The minimum absolute atomic E-state index is 0.0523. The van der Waals surface area contributed by atoms with Crippen LogP contribution in [0.15, 0.2) is 90.4 Å². The van der Waals surface area contributed by atoms with Crippen LogP contribution in [0.5, 0.6) is 0 Å². The molecular weight excluding hydrogens is 846 g/mol. The molecule has 2 spiro atoms. The van der Waals surface area contributed by atoms with Gasteiger partial charge in [0.15, 0.2) is 0 Å². The van der Waals surface area contributed by atoms with Crippen LogP contribution >= 0.6 is 23.2 Å². The van der Waals surface area contributed by atoms with E-state index in [0.29, 0.717) is 86.3 Å². The number of aliphatic hydroxyl groups is 2. The van der Waals surface area contributed by atoms with Crippen molar-refractivity contribution in [3.63, 3.8) is 0 Å². The van der Waals surface area contributed by atoms with Gasteiger partial charge in [0, 0.05) is 33.5 Å². The highest BCUT2D eigenvalue weighted by Gasteiger charge is 2.53. The molecule has 334 valence electrons. The van der Waals surface area contributed by atoms with Crippen molar-refractivity contribution in [1.29, 1.82) is 0 Å². The van der Waals surface area contributed by atoms with Crippen molar-refractivity contribution in [2.45, 2.75) is 87.5 Å². The van der Waals surface area contributed by atoms with Crippen LogP contribution in [-0.4, -0.2) is 86.0 Å². The first-order valence-corrected chi connectivity index (χ1v) is 21.9. The Morgan fingerprint density at radius 1 is 0.571 bits per heavy atom. The van der Waals surface area contributed by atoms with E-state index in [0.717, 1.165) is 33.4 Å². The number of rotatable bonds is 10. The van der Waals surface area contributed by atoms with Crippen LogP contribution in [0, 0.1) is 19.7 Å². The lowest BCUT2D eigenvalue weighted by atomic mass is 9.73. The number of ether oxygens (including phenoxy) is 4. The van der Waals surface area contributed by atoms with E-state index in [9.17, 15) is 24.2 Å². The lowest BCUT2D eigenvalue weighted by Gasteiger charge is -2.43. The molecule has 0 radical (unpaired) electrons. The first-order valence-electron chi connectivity index (χ1n) is 21.1. The first kappa shape index (κ1) is 46.2. The molecule has 0 saturated heterocycles. The van der Waals surface area contributed by atoms with E-state index in [1.54, 1.807) is 34.5 Å². The topological polar surface area (TPSA) is 136 Å². The monoisotopic (exact) mass is 900 g/mol. The molecule has 2 aliphatic heterocycles. The normalized spacial score (nSPS) is 25.7. The fraction of sp³-hybridized carbons (Fsp3) is 0.400. The second-order valence-corrected chi connectivity index (χ2v) is 18.2. The van der Waals surface area contributed by atoms with E-state index in [2.05, 4.69) is 10.6 Å². The largest absolute Gasteiger partial charge is 0.509 e. The molecule has 0 aromatic heterocycles. The molecule has 2 aliphatic carbocycles. The number of carbonyl (C=O) groups excluding carboxylic acids is 2. The maximum absolute atomic E-state index is 14.0. The quantitative estimate of drug-likeness (QED) is 0.124. The van der Waals surface area contributed by atoms with Crippen LogP contribution in [0.4, 0.5) is 4.39 Å². The van der Waals surface area contributed by atoms with E-state index in [1.807, 2.05) is 74.5 Å². The summed E-state index contributed by atoms with van der Waals surface area (Å²) < 4.78 is 36.1. The Balaban J connectivity index is 0.000000189. The lowest BCUT2D eigenvalue weighted by Crippen LogP contribution is -2.53. The fourth-order valence-corrected chi connectivity index (χ4v) is 9.90. The number of carbonyl (C=O) groups is 2. The molecule has 0 atom stereocenters. The summed E-state index contributed by atoms with van der Waals surface area (Å²) in [5.74, 6) is -0.846. The number of amides is 2. The van der Waals surface area contributed by atoms with Gasteiger partial charge in [-0.2, -0.15) is 0 Å². The fourth-order valence-electron chi connectivity index (χ4n) is 9.66. The van der Waals surface area contributed by atoms with E-state index < -0.39 is 22.5 Å². The van der Waals surface area contributed by atoms with Gasteiger partial charge in [-0.25, -0.2) is 4.39 Å². The molecule has 4 aromatic carbocycles. The third-order valence-corrected chi connectivity index (χ3v) is 14.3. The smallest absolute Gasteiger partial charge is 0.256 e. The summed E-state index contributed by atoms with van der Waals surface area (Å²) in [7, 11) is 6.66. The number of aryl methyl sites for hydroxylation is 2. The molecule has 8 rings (SSSR count). The summed E-state index contributed by atoms with van der Waals surface area (Å²) in [6, 6.07) is 23.7. The summed E-state index contributed by atoms with van der Waals surface area (Å²) in [5.41, 5.74) is 4.80. The van der Waals surface area contributed by atoms with Gasteiger partial charge in [0.1, 0.15) is 17.3 Å². The number of nitrogens with one attached hydrogen (secondary N) is 2. The average Bonchev–Trinajstić information content (AvgIpc) is 3.67.